The Kier molecular flexibility index (Phi) is 5.15. The third-order valence-electron chi connectivity index (χ3n) is 11.0. The minimum Gasteiger partial charge on any atom is -0.306 e. The van der Waals surface area contributed by atoms with Gasteiger partial charge in [0.25, 0.3) is 0 Å². The van der Waals surface area contributed by atoms with Crippen molar-refractivity contribution in [3.05, 3.63) is 156 Å². The Labute approximate surface area is 278 Å². The number of hydrogen-bond donors (Lipinski definition) is 0. The van der Waals surface area contributed by atoms with Crippen LogP contribution in [0.15, 0.2) is 145 Å². The molecule has 1 saturated carbocycles. The molecule has 2 aliphatic carbocycles. The zero-order chi connectivity index (χ0) is 30.7. The Balaban J connectivity index is 1.29. The maximum absolute atomic E-state index is 2.69. The molecule has 7 aromatic rings. The van der Waals surface area contributed by atoms with E-state index in [-0.39, 0.29) is 5.41 Å². The third kappa shape index (κ3) is 3.31. The Morgan fingerprint density at radius 1 is 0.489 bits per heavy atom. The first kappa shape index (κ1) is 25.8. The molecule has 1 fully saturated rings. The number of anilines is 7. The van der Waals surface area contributed by atoms with Gasteiger partial charge in [0.2, 0.25) is 0 Å². The molecule has 4 heteroatoms. The zero-order valence-corrected chi connectivity index (χ0v) is 26.7. The van der Waals surface area contributed by atoms with E-state index in [9.17, 15) is 0 Å². The molecule has 2 aliphatic heterocycles. The second kappa shape index (κ2) is 9.37. The molecular weight excluding hydrogens is 591 g/mol. The quantitative estimate of drug-likeness (QED) is 0.190. The molecule has 11 rings (SSSR count). The lowest BCUT2D eigenvalue weighted by molar-refractivity contribution is 0.524. The fraction of sp³-hybridized carbons (Fsp3) is 0.116. The van der Waals surface area contributed by atoms with Gasteiger partial charge in [-0.05, 0) is 85.1 Å². The first-order valence-corrected chi connectivity index (χ1v) is 17.6. The van der Waals surface area contributed by atoms with E-state index in [0.29, 0.717) is 0 Å². The van der Waals surface area contributed by atoms with Gasteiger partial charge in [0, 0.05) is 42.5 Å². The molecule has 0 unspecified atom stereocenters. The summed E-state index contributed by atoms with van der Waals surface area (Å²) in [6.45, 7) is 0. The van der Waals surface area contributed by atoms with Crippen LogP contribution in [0.2, 0.25) is 0 Å². The van der Waals surface area contributed by atoms with Crippen LogP contribution in [0, 0.1) is 0 Å². The number of para-hydroxylation sites is 5. The minimum absolute atomic E-state index is 0.0606. The summed E-state index contributed by atoms with van der Waals surface area (Å²) < 4.78 is 2.76. The molecule has 0 saturated heterocycles. The van der Waals surface area contributed by atoms with Crippen molar-refractivity contribution in [1.29, 1.82) is 0 Å². The molecule has 1 spiro atoms. The summed E-state index contributed by atoms with van der Waals surface area (Å²) >= 11 is 1.94. The highest BCUT2D eigenvalue weighted by Gasteiger charge is 2.55. The second-order valence-corrected chi connectivity index (χ2v) is 14.4. The first-order valence-electron chi connectivity index (χ1n) is 16.8. The van der Waals surface area contributed by atoms with E-state index in [1.54, 1.807) is 0 Å². The summed E-state index contributed by atoms with van der Waals surface area (Å²) in [5, 5.41) is 2.73. The van der Waals surface area contributed by atoms with E-state index < -0.39 is 0 Å². The monoisotopic (exact) mass is 621 g/mol. The van der Waals surface area contributed by atoms with Gasteiger partial charge in [-0.2, -0.15) is 0 Å². The van der Waals surface area contributed by atoms with Crippen molar-refractivity contribution < 1.29 is 0 Å². The zero-order valence-electron chi connectivity index (χ0n) is 25.9. The van der Waals surface area contributed by atoms with Gasteiger partial charge < -0.3 is 14.7 Å². The normalized spacial score (nSPS) is 17.0. The van der Waals surface area contributed by atoms with E-state index in [1.165, 1.54) is 95.3 Å². The molecule has 0 atom stereocenters. The lowest BCUT2D eigenvalue weighted by atomic mass is 9.77. The molecule has 0 N–H and O–H groups in total. The standard InChI is InChI=1S/C43H31N3S/c1-3-14-28(15-4-1)44-34-19-8-9-20-35(34)46-41-36(44)21-13-22-37(41)45(29-16-5-2-6-17-29)40-32-26-31-30-18-7-10-23-38(30)47-39(31)27-33(32)43(42(40)46)24-11-12-25-43/h1-10,13-23,26-27H,11-12,24-25H2. The highest BCUT2D eigenvalue weighted by atomic mass is 32.1. The van der Waals surface area contributed by atoms with Crippen molar-refractivity contribution in [1.82, 2.24) is 0 Å². The second-order valence-electron chi connectivity index (χ2n) is 13.3. The maximum Gasteiger partial charge on any atom is 0.0945 e. The fourth-order valence-electron chi connectivity index (χ4n) is 9.13. The van der Waals surface area contributed by atoms with Crippen molar-refractivity contribution in [2.75, 3.05) is 14.7 Å². The van der Waals surface area contributed by atoms with Crippen molar-refractivity contribution >= 4 is 77.0 Å². The molecule has 3 nitrogen and oxygen atoms in total. The van der Waals surface area contributed by atoms with Crippen molar-refractivity contribution in [2.45, 2.75) is 31.1 Å². The Hall–Kier alpha value is -5.32. The van der Waals surface area contributed by atoms with E-state index in [4.69, 9.17) is 0 Å². The summed E-state index contributed by atoms with van der Waals surface area (Å²) in [5.41, 5.74) is 14.2. The average molecular weight is 622 g/mol. The Morgan fingerprint density at radius 2 is 1.09 bits per heavy atom. The van der Waals surface area contributed by atoms with E-state index in [0.717, 1.165) is 12.8 Å². The topological polar surface area (TPSA) is 9.72 Å². The van der Waals surface area contributed by atoms with Gasteiger partial charge in [-0.3, -0.25) is 0 Å². The molecule has 4 aliphatic rings. The SMILES string of the molecule is c1ccc(N2C3=C(N4c5ccccc5N(c5ccccc5)c5cccc2c54)C2(CCCC2)c2cc4sc5ccccc5c4cc23)cc1. The lowest BCUT2D eigenvalue weighted by Crippen LogP contribution is -2.40. The molecule has 0 amide bonds. The summed E-state index contributed by atoms with van der Waals surface area (Å²) in [7, 11) is 0. The van der Waals surface area contributed by atoms with Crippen molar-refractivity contribution in [3.8, 4) is 0 Å². The molecule has 0 radical (unpaired) electrons. The highest BCUT2D eigenvalue weighted by molar-refractivity contribution is 7.25. The number of allylic oxidation sites excluding steroid dienone is 1. The van der Waals surface area contributed by atoms with Crippen LogP contribution < -0.4 is 14.7 Å². The van der Waals surface area contributed by atoms with Crippen LogP contribution in [-0.4, -0.2) is 0 Å². The van der Waals surface area contributed by atoms with E-state index in [2.05, 4.69) is 154 Å². The molecule has 6 aromatic carbocycles. The number of thiophene rings is 1. The number of rotatable bonds is 2. The number of hydrogen-bond acceptors (Lipinski definition) is 4. The molecule has 3 heterocycles. The maximum atomic E-state index is 2.69. The lowest BCUT2D eigenvalue weighted by Gasteiger charge is -2.49. The van der Waals surface area contributed by atoms with Crippen LogP contribution in [0.4, 0.5) is 39.8 Å². The van der Waals surface area contributed by atoms with Crippen LogP contribution in [0.3, 0.4) is 0 Å². The fourth-order valence-corrected chi connectivity index (χ4v) is 10.3. The van der Waals surface area contributed by atoms with Crippen LogP contribution in [-0.2, 0) is 5.41 Å². The predicted molar refractivity (Wildman–Crippen MR) is 198 cm³/mol. The minimum atomic E-state index is -0.0606. The predicted octanol–water partition coefficient (Wildman–Crippen LogP) is 12.3. The largest absolute Gasteiger partial charge is 0.306 e. The van der Waals surface area contributed by atoms with Gasteiger partial charge >= 0.3 is 0 Å². The van der Waals surface area contributed by atoms with Crippen LogP contribution in [0.5, 0.6) is 0 Å². The average Bonchev–Trinajstić information content (AvgIpc) is 3.83. The number of fused-ring (bicyclic) bond motifs is 10. The van der Waals surface area contributed by atoms with Gasteiger partial charge in [0.05, 0.1) is 39.8 Å². The summed E-state index contributed by atoms with van der Waals surface area (Å²) in [5.74, 6) is 0. The van der Waals surface area contributed by atoms with Gasteiger partial charge in [-0.25, -0.2) is 0 Å². The van der Waals surface area contributed by atoms with Crippen LogP contribution in [0.1, 0.15) is 36.8 Å². The Bertz CT molecular complexity index is 2440. The number of benzene rings is 6. The Morgan fingerprint density at radius 3 is 1.83 bits per heavy atom. The third-order valence-corrected chi connectivity index (χ3v) is 12.1. The van der Waals surface area contributed by atoms with Gasteiger partial charge in [-0.1, -0.05) is 85.6 Å². The first-order chi connectivity index (χ1) is 23.3. The highest BCUT2D eigenvalue weighted by Crippen LogP contribution is 2.68. The summed E-state index contributed by atoms with van der Waals surface area (Å²) in [4.78, 5) is 7.74. The van der Waals surface area contributed by atoms with E-state index >= 15 is 0 Å². The summed E-state index contributed by atoms with van der Waals surface area (Å²) in [6, 6.07) is 51.9. The van der Waals surface area contributed by atoms with Gasteiger partial charge in [0.1, 0.15) is 0 Å². The molecule has 224 valence electrons. The van der Waals surface area contributed by atoms with Gasteiger partial charge in [-0.15, -0.1) is 11.3 Å². The molecular formula is C43H31N3S. The smallest absolute Gasteiger partial charge is 0.0945 e. The van der Waals surface area contributed by atoms with Crippen LogP contribution in [0.25, 0.3) is 25.9 Å². The molecule has 47 heavy (non-hydrogen) atoms. The van der Waals surface area contributed by atoms with Crippen molar-refractivity contribution in [3.63, 3.8) is 0 Å². The van der Waals surface area contributed by atoms with Crippen molar-refractivity contribution in [2.24, 2.45) is 0 Å². The summed E-state index contributed by atoms with van der Waals surface area (Å²) in [6.07, 6.45) is 4.81. The van der Waals surface area contributed by atoms with Gasteiger partial charge in [0.15, 0.2) is 0 Å². The number of nitrogens with zero attached hydrogens (tertiary/aromatic N) is 3. The van der Waals surface area contributed by atoms with Crippen LogP contribution >= 0.6 is 11.3 Å². The molecule has 0 bridgehead atoms. The van der Waals surface area contributed by atoms with E-state index in [1.807, 2.05) is 11.3 Å². The molecule has 1 aromatic heterocycles.